The molecule has 1 amide bonds. The molecule has 0 aliphatic carbocycles. The van der Waals surface area contributed by atoms with Crippen LogP contribution < -0.4 is 5.32 Å². The number of carbonyl (C=O) groups excluding carboxylic acids is 1. The quantitative estimate of drug-likeness (QED) is 0.0302. The standard InChI is InChI=1S/C41H77NO8/c1-3-5-7-9-11-13-15-17-18-19-21-23-25-27-29-31-37(45)42-34(33-49-41-40(48)39(47)38(46)36(32-43)50-41)35(44)30-28-26-24-22-20-16-14-12-10-8-6-4-2/h11,13,17-18,34-36,38-41,43-44,46-48H,3-10,12,14-16,19-33H2,1-2H3,(H,42,45)/b13-11-,18-17-. The lowest BCUT2D eigenvalue weighted by atomic mass is 9.99. The molecule has 0 bridgehead atoms. The maximum absolute atomic E-state index is 12.9. The first kappa shape index (κ1) is 46.7. The summed E-state index contributed by atoms with van der Waals surface area (Å²) in [5, 5.41) is 54.1. The first-order chi connectivity index (χ1) is 24.3. The molecule has 294 valence electrons. The minimum atomic E-state index is -1.55. The van der Waals surface area contributed by atoms with Gasteiger partial charge in [0.1, 0.15) is 24.4 Å². The Morgan fingerprint density at radius 3 is 1.76 bits per heavy atom. The van der Waals surface area contributed by atoms with Crippen LogP contribution in [0.3, 0.4) is 0 Å². The molecule has 0 spiro atoms. The van der Waals surface area contributed by atoms with Crippen molar-refractivity contribution in [3.8, 4) is 0 Å². The fraction of sp³-hybridized carbons (Fsp3) is 0.878. The smallest absolute Gasteiger partial charge is 0.220 e. The highest BCUT2D eigenvalue weighted by Gasteiger charge is 2.44. The zero-order valence-corrected chi connectivity index (χ0v) is 31.9. The zero-order chi connectivity index (χ0) is 36.7. The van der Waals surface area contributed by atoms with Crippen LogP contribution in [0.15, 0.2) is 24.3 Å². The Bertz CT molecular complexity index is 837. The number of unbranched alkanes of at least 4 members (excludes halogenated alkanes) is 19. The monoisotopic (exact) mass is 712 g/mol. The predicted octanol–water partition coefficient (Wildman–Crippen LogP) is 7.55. The Hall–Kier alpha value is -1.33. The van der Waals surface area contributed by atoms with Crippen LogP contribution >= 0.6 is 0 Å². The van der Waals surface area contributed by atoms with Gasteiger partial charge in [-0.05, 0) is 44.9 Å². The second-order valence-corrected chi connectivity index (χ2v) is 14.4. The predicted molar refractivity (Wildman–Crippen MR) is 203 cm³/mol. The van der Waals surface area contributed by atoms with E-state index in [0.29, 0.717) is 12.8 Å². The summed E-state index contributed by atoms with van der Waals surface area (Å²) in [5.41, 5.74) is 0. The van der Waals surface area contributed by atoms with Gasteiger partial charge in [0.2, 0.25) is 5.91 Å². The van der Waals surface area contributed by atoms with E-state index in [1.54, 1.807) is 0 Å². The van der Waals surface area contributed by atoms with Crippen molar-refractivity contribution >= 4 is 5.91 Å². The Morgan fingerprint density at radius 1 is 0.680 bits per heavy atom. The first-order valence-corrected chi connectivity index (χ1v) is 20.5. The highest BCUT2D eigenvalue weighted by molar-refractivity contribution is 5.76. The van der Waals surface area contributed by atoms with Gasteiger partial charge in [0.05, 0.1) is 25.4 Å². The fourth-order valence-electron chi connectivity index (χ4n) is 6.42. The first-order valence-electron chi connectivity index (χ1n) is 20.5. The van der Waals surface area contributed by atoms with Crippen molar-refractivity contribution in [1.82, 2.24) is 5.32 Å². The molecule has 1 saturated heterocycles. The minimum Gasteiger partial charge on any atom is -0.394 e. The van der Waals surface area contributed by atoms with Crippen LogP contribution in [0.1, 0.15) is 174 Å². The molecule has 50 heavy (non-hydrogen) atoms. The van der Waals surface area contributed by atoms with Gasteiger partial charge in [0.25, 0.3) is 0 Å². The maximum Gasteiger partial charge on any atom is 0.220 e. The molecular formula is C41H77NO8. The Labute approximate surface area is 305 Å². The average Bonchev–Trinajstić information content (AvgIpc) is 3.11. The Kier molecular flexibility index (Phi) is 30.2. The molecule has 0 aromatic carbocycles. The van der Waals surface area contributed by atoms with E-state index in [0.717, 1.165) is 64.2 Å². The number of amides is 1. The SMILES string of the molecule is CCCCC/C=C\C/C=C\CCCCCCCC(=O)NC(COC1OC(CO)C(O)C(O)C1O)C(O)CCCCCCCCCCCCCC. The molecule has 9 nitrogen and oxygen atoms in total. The molecule has 7 atom stereocenters. The lowest BCUT2D eigenvalue weighted by molar-refractivity contribution is -0.302. The second-order valence-electron chi connectivity index (χ2n) is 14.4. The molecule has 1 aliphatic heterocycles. The van der Waals surface area contributed by atoms with E-state index in [-0.39, 0.29) is 12.5 Å². The maximum atomic E-state index is 12.9. The Balaban J connectivity index is 2.40. The van der Waals surface area contributed by atoms with E-state index in [1.165, 1.54) is 83.5 Å². The van der Waals surface area contributed by atoms with Crippen LogP contribution in [0.4, 0.5) is 0 Å². The number of rotatable bonds is 33. The highest BCUT2D eigenvalue weighted by atomic mass is 16.7. The summed E-state index contributed by atoms with van der Waals surface area (Å²) in [4.78, 5) is 12.9. The molecular weight excluding hydrogens is 634 g/mol. The van der Waals surface area contributed by atoms with Gasteiger partial charge in [-0.1, -0.05) is 147 Å². The van der Waals surface area contributed by atoms with Gasteiger partial charge in [-0.25, -0.2) is 0 Å². The molecule has 0 saturated carbocycles. The van der Waals surface area contributed by atoms with Crippen LogP contribution in [0, 0.1) is 0 Å². The molecule has 0 radical (unpaired) electrons. The van der Waals surface area contributed by atoms with Gasteiger partial charge in [-0.2, -0.15) is 0 Å². The van der Waals surface area contributed by atoms with E-state index in [1.807, 2.05) is 0 Å². The third-order valence-corrected chi connectivity index (χ3v) is 9.81. The van der Waals surface area contributed by atoms with Crippen molar-refractivity contribution < 1.29 is 39.8 Å². The summed E-state index contributed by atoms with van der Waals surface area (Å²) >= 11 is 0. The van der Waals surface area contributed by atoms with Crippen molar-refractivity contribution in [2.75, 3.05) is 13.2 Å². The van der Waals surface area contributed by atoms with Crippen molar-refractivity contribution in [2.45, 2.75) is 217 Å². The minimum absolute atomic E-state index is 0.143. The molecule has 1 aliphatic rings. The molecule has 1 heterocycles. The lowest BCUT2D eigenvalue weighted by Gasteiger charge is -2.40. The number of nitrogens with one attached hydrogen (secondary N) is 1. The van der Waals surface area contributed by atoms with Crippen molar-refractivity contribution in [3.63, 3.8) is 0 Å². The summed E-state index contributed by atoms with van der Waals surface area (Å²) in [5.74, 6) is -0.160. The van der Waals surface area contributed by atoms with Gasteiger partial charge in [0, 0.05) is 6.42 Å². The molecule has 0 aromatic rings. The van der Waals surface area contributed by atoms with Gasteiger partial charge < -0.3 is 40.3 Å². The number of aliphatic hydroxyl groups excluding tert-OH is 5. The van der Waals surface area contributed by atoms with Crippen molar-refractivity contribution in [3.05, 3.63) is 24.3 Å². The summed E-state index contributed by atoms with van der Waals surface area (Å²) in [7, 11) is 0. The largest absolute Gasteiger partial charge is 0.394 e. The molecule has 0 aromatic heterocycles. The third-order valence-electron chi connectivity index (χ3n) is 9.81. The van der Waals surface area contributed by atoms with Crippen LogP contribution in [-0.4, -0.2) is 87.5 Å². The summed E-state index contributed by atoms with van der Waals surface area (Å²) in [6.45, 7) is 3.77. The normalized spacial score (nSPS) is 22.4. The fourth-order valence-corrected chi connectivity index (χ4v) is 6.42. The van der Waals surface area contributed by atoms with Crippen molar-refractivity contribution in [2.24, 2.45) is 0 Å². The molecule has 1 rings (SSSR count). The number of hydrogen-bond donors (Lipinski definition) is 6. The van der Waals surface area contributed by atoms with Gasteiger partial charge in [-0.3, -0.25) is 4.79 Å². The number of hydrogen-bond acceptors (Lipinski definition) is 8. The number of allylic oxidation sites excluding steroid dienone is 4. The van der Waals surface area contributed by atoms with Crippen LogP contribution in [0.25, 0.3) is 0 Å². The van der Waals surface area contributed by atoms with Gasteiger partial charge in [-0.15, -0.1) is 0 Å². The highest BCUT2D eigenvalue weighted by Crippen LogP contribution is 2.23. The van der Waals surface area contributed by atoms with Crippen LogP contribution in [-0.2, 0) is 14.3 Å². The lowest BCUT2D eigenvalue weighted by Crippen LogP contribution is -2.60. The third kappa shape index (κ3) is 23.3. The van der Waals surface area contributed by atoms with E-state index < -0.39 is 49.5 Å². The number of aliphatic hydroxyl groups is 5. The number of carbonyl (C=O) groups is 1. The van der Waals surface area contributed by atoms with E-state index in [4.69, 9.17) is 9.47 Å². The van der Waals surface area contributed by atoms with Gasteiger partial charge in [0.15, 0.2) is 6.29 Å². The second kappa shape index (κ2) is 32.3. The van der Waals surface area contributed by atoms with E-state index >= 15 is 0 Å². The Morgan fingerprint density at radius 2 is 1.18 bits per heavy atom. The summed E-state index contributed by atoms with van der Waals surface area (Å²) in [6.07, 6.45) is 28.9. The van der Waals surface area contributed by atoms with E-state index in [2.05, 4.69) is 43.5 Å². The summed E-state index contributed by atoms with van der Waals surface area (Å²) < 4.78 is 11.2. The molecule has 9 heteroatoms. The molecule has 1 fully saturated rings. The van der Waals surface area contributed by atoms with Crippen molar-refractivity contribution in [1.29, 1.82) is 0 Å². The number of ether oxygens (including phenoxy) is 2. The molecule has 7 unspecified atom stereocenters. The van der Waals surface area contributed by atoms with E-state index in [9.17, 15) is 30.3 Å². The molecule has 6 N–H and O–H groups in total. The van der Waals surface area contributed by atoms with Crippen LogP contribution in [0.5, 0.6) is 0 Å². The average molecular weight is 712 g/mol. The zero-order valence-electron chi connectivity index (χ0n) is 31.9. The topological polar surface area (TPSA) is 149 Å². The summed E-state index contributed by atoms with van der Waals surface area (Å²) in [6, 6.07) is -0.722. The van der Waals surface area contributed by atoms with Gasteiger partial charge >= 0.3 is 0 Å². The van der Waals surface area contributed by atoms with Crippen LogP contribution in [0.2, 0.25) is 0 Å².